The monoisotopic (exact) mass is 368 g/mol. The molecule has 0 bridgehead atoms. The van der Waals surface area contributed by atoms with Gasteiger partial charge in [-0.05, 0) is 54.0 Å². The molecule has 3 heteroatoms. The van der Waals surface area contributed by atoms with Crippen molar-refractivity contribution in [3.63, 3.8) is 0 Å². The molecule has 0 spiro atoms. The molecule has 104 valence electrons. The molecule has 1 unspecified atom stereocenters. The molecule has 0 N–H and O–H groups in total. The maximum Gasteiger partial charge on any atom is 0.0659 e. The summed E-state index contributed by atoms with van der Waals surface area (Å²) in [6, 6.07) is 12.5. The van der Waals surface area contributed by atoms with Gasteiger partial charge in [-0.1, -0.05) is 69.5 Å². The first-order valence-corrected chi connectivity index (χ1v) is 8.53. The number of hydrogen-bond donors (Lipinski definition) is 0. The van der Waals surface area contributed by atoms with Crippen molar-refractivity contribution in [1.29, 1.82) is 0 Å². The van der Waals surface area contributed by atoms with E-state index < -0.39 is 0 Å². The molecular formula is C17H15BrCl2. The minimum Gasteiger partial charge on any atom is -0.0827 e. The van der Waals surface area contributed by atoms with Crippen LogP contribution in [-0.4, -0.2) is 0 Å². The summed E-state index contributed by atoms with van der Waals surface area (Å²) in [5.74, 6) is 0. The molecule has 0 aromatic heterocycles. The molecule has 0 saturated carbocycles. The lowest BCUT2D eigenvalue weighted by molar-refractivity contribution is 0.684. The van der Waals surface area contributed by atoms with E-state index in [4.69, 9.17) is 23.2 Å². The number of aryl methyl sites for hydroxylation is 2. The lowest BCUT2D eigenvalue weighted by atomic mass is 9.89. The van der Waals surface area contributed by atoms with Crippen LogP contribution in [0.25, 0.3) is 0 Å². The summed E-state index contributed by atoms with van der Waals surface area (Å²) in [5, 5.41) is 1.24. The molecule has 1 aliphatic rings. The maximum absolute atomic E-state index is 6.32. The Hall–Kier alpha value is -0.500. The quantitative estimate of drug-likeness (QED) is 0.540. The average molecular weight is 370 g/mol. The van der Waals surface area contributed by atoms with Gasteiger partial charge >= 0.3 is 0 Å². The highest BCUT2D eigenvalue weighted by Crippen LogP contribution is 2.39. The summed E-state index contributed by atoms with van der Waals surface area (Å²) >= 11 is 16.2. The molecule has 0 radical (unpaired) electrons. The minimum absolute atomic E-state index is 0.0842. The van der Waals surface area contributed by atoms with E-state index >= 15 is 0 Å². The fourth-order valence-corrected chi connectivity index (χ4v) is 4.02. The standard InChI is InChI=1S/C17H15BrCl2/c18-16(14-6-3-7-15(19)17(14)20)13-9-8-11-4-1-2-5-12(11)10-13/h3,6-10,16H,1-2,4-5H2. The van der Waals surface area contributed by atoms with Gasteiger partial charge in [-0.15, -0.1) is 0 Å². The summed E-state index contributed by atoms with van der Waals surface area (Å²) in [5.41, 5.74) is 5.25. The van der Waals surface area contributed by atoms with Crippen LogP contribution in [0.1, 0.15) is 39.9 Å². The molecule has 0 aliphatic heterocycles. The number of hydrogen-bond acceptors (Lipinski definition) is 0. The predicted molar refractivity (Wildman–Crippen MR) is 90.3 cm³/mol. The molecule has 0 nitrogen and oxygen atoms in total. The molecular weight excluding hydrogens is 355 g/mol. The van der Waals surface area contributed by atoms with E-state index in [1.54, 1.807) is 0 Å². The fourth-order valence-electron chi connectivity index (χ4n) is 2.81. The third-order valence-electron chi connectivity index (χ3n) is 3.92. The largest absolute Gasteiger partial charge is 0.0827 e. The lowest BCUT2D eigenvalue weighted by Gasteiger charge is -2.19. The van der Waals surface area contributed by atoms with Crippen LogP contribution in [0.15, 0.2) is 36.4 Å². The van der Waals surface area contributed by atoms with Gasteiger partial charge in [0.1, 0.15) is 0 Å². The SMILES string of the molecule is Clc1cccc(C(Br)c2ccc3c(c2)CCCC3)c1Cl. The van der Waals surface area contributed by atoms with Gasteiger partial charge < -0.3 is 0 Å². The molecule has 2 aromatic rings. The van der Waals surface area contributed by atoms with Crippen LogP contribution in [0.4, 0.5) is 0 Å². The summed E-state index contributed by atoms with van der Waals surface area (Å²) in [7, 11) is 0. The molecule has 1 aliphatic carbocycles. The third-order valence-corrected chi connectivity index (χ3v) is 5.78. The zero-order chi connectivity index (χ0) is 14.1. The first-order chi connectivity index (χ1) is 9.66. The van der Waals surface area contributed by atoms with Crippen LogP contribution in [0.5, 0.6) is 0 Å². The maximum atomic E-state index is 6.32. The van der Waals surface area contributed by atoms with Crippen molar-refractivity contribution in [2.45, 2.75) is 30.5 Å². The molecule has 2 aromatic carbocycles. The Morgan fingerprint density at radius 2 is 1.70 bits per heavy atom. The zero-order valence-corrected chi connectivity index (χ0v) is 14.1. The van der Waals surface area contributed by atoms with Crippen molar-refractivity contribution in [3.05, 3.63) is 68.7 Å². The first kappa shape index (κ1) is 14.4. The smallest absolute Gasteiger partial charge is 0.0659 e. The number of alkyl halides is 1. The second kappa shape index (κ2) is 6.09. The summed E-state index contributed by atoms with van der Waals surface area (Å²) in [6.07, 6.45) is 5.00. The topological polar surface area (TPSA) is 0 Å². The van der Waals surface area contributed by atoms with E-state index in [0.717, 1.165) is 5.56 Å². The average Bonchev–Trinajstić information content (AvgIpc) is 2.49. The van der Waals surface area contributed by atoms with Crippen LogP contribution < -0.4 is 0 Å². The lowest BCUT2D eigenvalue weighted by Crippen LogP contribution is -2.04. The Kier molecular flexibility index (Phi) is 4.40. The van der Waals surface area contributed by atoms with Gasteiger partial charge in [0.2, 0.25) is 0 Å². The number of halogens is 3. The van der Waals surface area contributed by atoms with Gasteiger partial charge in [0.15, 0.2) is 0 Å². The van der Waals surface area contributed by atoms with Crippen LogP contribution in [0.3, 0.4) is 0 Å². The second-order valence-corrected chi connectivity index (χ2v) is 6.94. The zero-order valence-electron chi connectivity index (χ0n) is 11.0. The highest BCUT2D eigenvalue weighted by molar-refractivity contribution is 9.09. The Morgan fingerprint density at radius 1 is 0.950 bits per heavy atom. The van der Waals surface area contributed by atoms with Gasteiger partial charge in [0.05, 0.1) is 14.9 Å². The highest BCUT2D eigenvalue weighted by atomic mass is 79.9. The van der Waals surface area contributed by atoms with E-state index in [1.807, 2.05) is 18.2 Å². The van der Waals surface area contributed by atoms with Crippen molar-refractivity contribution in [1.82, 2.24) is 0 Å². The van der Waals surface area contributed by atoms with E-state index in [-0.39, 0.29) is 4.83 Å². The fraction of sp³-hybridized carbons (Fsp3) is 0.294. The van der Waals surface area contributed by atoms with Gasteiger partial charge in [0.25, 0.3) is 0 Å². The van der Waals surface area contributed by atoms with E-state index in [2.05, 4.69) is 34.1 Å². The van der Waals surface area contributed by atoms with Crippen molar-refractivity contribution >= 4 is 39.1 Å². The molecule has 0 heterocycles. The number of fused-ring (bicyclic) bond motifs is 1. The van der Waals surface area contributed by atoms with Gasteiger partial charge in [-0.25, -0.2) is 0 Å². The molecule has 3 rings (SSSR count). The van der Waals surface area contributed by atoms with Crippen LogP contribution in [0.2, 0.25) is 10.0 Å². The first-order valence-electron chi connectivity index (χ1n) is 6.86. The summed E-state index contributed by atoms with van der Waals surface area (Å²) in [4.78, 5) is 0.0842. The summed E-state index contributed by atoms with van der Waals surface area (Å²) in [6.45, 7) is 0. The minimum atomic E-state index is 0.0842. The van der Waals surface area contributed by atoms with Gasteiger partial charge in [-0.3, -0.25) is 0 Å². The Bertz CT molecular complexity index is 637. The van der Waals surface area contributed by atoms with Crippen molar-refractivity contribution < 1.29 is 0 Å². The van der Waals surface area contributed by atoms with Crippen LogP contribution in [0, 0.1) is 0 Å². The normalized spacial score (nSPS) is 15.8. The van der Waals surface area contributed by atoms with Crippen molar-refractivity contribution in [2.24, 2.45) is 0 Å². The van der Waals surface area contributed by atoms with E-state index in [0.29, 0.717) is 10.0 Å². The molecule has 1 atom stereocenters. The highest BCUT2D eigenvalue weighted by Gasteiger charge is 2.17. The summed E-state index contributed by atoms with van der Waals surface area (Å²) < 4.78 is 0. The molecule has 0 saturated heterocycles. The second-order valence-electron chi connectivity index (χ2n) is 5.24. The number of rotatable bonds is 2. The van der Waals surface area contributed by atoms with E-state index in [1.165, 1.54) is 42.4 Å². The van der Waals surface area contributed by atoms with Gasteiger partial charge in [0, 0.05) is 0 Å². The third kappa shape index (κ3) is 2.77. The Labute approximate surface area is 138 Å². The molecule has 20 heavy (non-hydrogen) atoms. The van der Waals surface area contributed by atoms with E-state index in [9.17, 15) is 0 Å². The Morgan fingerprint density at radius 3 is 2.50 bits per heavy atom. The van der Waals surface area contributed by atoms with Crippen molar-refractivity contribution in [2.75, 3.05) is 0 Å². The molecule has 0 amide bonds. The Balaban J connectivity index is 1.98. The van der Waals surface area contributed by atoms with Gasteiger partial charge in [-0.2, -0.15) is 0 Å². The molecule has 0 fully saturated rings. The van der Waals surface area contributed by atoms with Crippen LogP contribution in [-0.2, 0) is 12.8 Å². The number of benzene rings is 2. The predicted octanol–water partition coefficient (Wildman–Crippen LogP) is 6.36. The van der Waals surface area contributed by atoms with Crippen LogP contribution >= 0.6 is 39.1 Å². The van der Waals surface area contributed by atoms with Crippen molar-refractivity contribution in [3.8, 4) is 0 Å².